The van der Waals surface area contributed by atoms with Gasteiger partial charge in [0.15, 0.2) is 0 Å². The van der Waals surface area contributed by atoms with Gasteiger partial charge < -0.3 is 19.3 Å². The number of anilines is 2. The first kappa shape index (κ1) is 18.6. The molecule has 0 spiro atoms. The van der Waals surface area contributed by atoms with E-state index in [0.29, 0.717) is 10.7 Å². The van der Waals surface area contributed by atoms with Gasteiger partial charge in [0, 0.05) is 25.3 Å². The number of carbonyl (C=O) groups is 2. The number of ether oxygens (including phenoxy) is 2. The first-order chi connectivity index (χ1) is 11.9. The minimum atomic E-state index is -0.665. The largest absolute Gasteiger partial charge is 0.465 e. The van der Waals surface area contributed by atoms with Crippen LogP contribution in [-0.4, -0.2) is 40.3 Å². The van der Waals surface area contributed by atoms with E-state index in [1.165, 1.54) is 20.3 Å². The summed E-state index contributed by atoms with van der Waals surface area (Å²) in [6.07, 6.45) is 6.53. The molecule has 0 aromatic heterocycles. The molecule has 0 aliphatic carbocycles. The average Bonchev–Trinajstić information content (AvgIpc) is 2.82. The van der Waals surface area contributed by atoms with Crippen LogP contribution in [0.2, 0.25) is 5.02 Å². The Morgan fingerprint density at radius 2 is 1.76 bits per heavy atom. The highest BCUT2D eigenvalue weighted by molar-refractivity contribution is 6.31. The Bertz CT molecular complexity index is 781. The first-order valence-electron chi connectivity index (χ1n) is 7.42. The van der Waals surface area contributed by atoms with E-state index < -0.39 is 11.9 Å². The molecule has 0 N–H and O–H groups in total. The van der Waals surface area contributed by atoms with E-state index in [0.717, 1.165) is 5.69 Å². The highest BCUT2D eigenvalue weighted by Crippen LogP contribution is 2.35. The van der Waals surface area contributed by atoms with Gasteiger partial charge in [0.1, 0.15) is 5.70 Å². The Hall–Kier alpha value is -2.73. The lowest BCUT2D eigenvalue weighted by atomic mass is 10.1. The molecule has 0 bridgehead atoms. The molecule has 0 saturated carbocycles. The molecule has 1 aliphatic rings. The summed E-state index contributed by atoms with van der Waals surface area (Å²) in [6, 6.07) is 5.30. The molecule has 7 heteroatoms. The number of benzene rings is 1. The van der Waals surface area contributed by atoms with Crippen LogP contribution >= 0.6 is 11.6 Å². The Kier molecular flexibility index (Phi) is 5.88. The summed E-state index contributed by atoms with van der Waals surface area (Å²) < 4.78 is 9.70. The van der Waals surface area contributed by atoms with E-state index in [1.54, 1.807) is 35.4 Å². The van der Waals surface area contributed by atoms with E-state index >= 15 is 0 Å². The van der Waals surface area contributed by atoms with Crippen molar-refractivity contribution in [1.82, 2.24) is 0 Å². The van der Waals surface area contributed by atoms with Crippen molar-refractivity contribution < 1.29 is 19.1 Å². The number of hydrogen-bond donors (Lipinski definition) is 0. The fourth-order valence-electron chi connectivity index (χ4n) is 2.42. The summed E-state index contributed by atoms with van der Waals surface area (Å²) in [5, 5.41) is 0.495. The second-order valence-electron chi connectivity index (χ2n) is 5.34. The predicted molar refractivity (Wildman–Crippen MR) is 97.6 cm³/mol. The summed E-state index contributed by atoms with van der Waals surface area (Å²) >= 11 is 6.16. The van der Waals surface area contributed by atoms with Crippen molar-refractivity contribution in [2.75, 3.05) is 38.1 Å². The predicted octanol–water partition coefficient (Wildman–Crippen LogP) is 2.90. The number of methoxy groups -OCH3 is 2. The minimum Gasteiger partial charge on any atom is -0.465 e. The van der Waals surface area contributed by atoms with Crippen molar-refractivity contribution in [3.8, 4) is 0 Å². The van der Waals surface area contributed by atoms with E-state index in [4.69, 9.17) is 21.1 Å². The molecule has 25 heavy (non-hydrogen) atoms. The number of halogens is 1. The quantitative estimate of drug-likeness (QED) is 0.768. The third-order valence-corrected chi connectivity index (χ3v) is 3.80. The second kappa shape index (κ2) is 7.90. The maximum absolute atomic E-state index is 12.5. The molecule has 1 aliphatic heterocycles. The summed E-state index contributed by atoms with van der Waals surface area (Å²) in [7, 11) is 6.25. The number of hydrogen-bond acceptors (Lipinski definition) is 6. The van der Waals surface area contributed by atoms with Gasteiger partial charge in [-0.2, -0.15) is 0 Å². The van der Waals surface area contributed by atoms with Crippen LogP contribution < -0.4 is 9.80 Å². The highest BCUT2D eigenvalue weighted by Gasteiger charge is 2.29. The van der Waals surface area contributed by atoms with Crippen LogP contribution in [0.25, 0.3) is 0 Å². The Morgan fingerprint density at radius 3 is 2.36 bits per heavy atom. The molecule has 0 amide bonds. The van der Waals surface area contributed by atoms with Crippen LogP contribution in [0.15, 0.2) is 53.9 Å². The topological polar surface area (TPSA) is 59.1 Å². The lowest BCUT2D eigenvalue weighted by Crippen LogP contribution is -2.28. The Balaban J connectivity index is 2.76. The van der Waals surface area contributed by atoms with Gasteiger partial charge in [0.2, 0.25) is 0 Å². The molecule has 132 valence electrons. The van der Waals surface area contributed by atoms with Crippen LogP contribution in [0.3, 0.4) is 0 Å². The van der Waals surface area contributed by atoms with Crippen LogP contribution in [0.4, 0.5) is 11.4 Å². The zero-order valence-electron chi connectivity index (χ0n) is 14.4. The van der Waals surface area contributed by atoms with Gasteiger partial charge in [-0.05, 0) is 30.4 Å². The molecular formula is C18H19ClN2O4. The van der Waals surface area contributed by atoms with Crippen LogP contribution in [-0.2, 0) is 19.1 Å². The van der Waals surface area contributed by atoms with E-state index in [9.17, 15) is 9.59 Å². The number of allylic oxidation sites excluding steroid dienone is 2. The highest BCUT2D eigenvalue weighted by atomic mass is 35.5. The summed E-state index contributed by atoms with van der Waals surface area (Å²) in [4.78, 5) is 28.1. The SMILES string of the molecule is COC(=O)C1=C(C(=O)OC)N(c2cc(Cl)ccc2N(C)C)C=CC=C1. The molecule has 6 nitrogen and oxygen atoms in total. The van der Waals surface area contributed by atoms with Gasteiger partial charge in [0.05, 0.1) is 31.2 Å². The molecule has 1 aromatic rings. The number of nitrogens with zero attached hydrogens (tertiary/aromatic N) is 2. The van der Waals surface area contributed by atoms with Gasteiger partial charge in [0.25, 0.3) is 0 Å². The van der Waals surface area contributed by atoms with Crippen molar-refractivity contribution in [3.63, 3.8) is 0 Å². The molecule has 0 radical (unpaired) electrons. The molecule has 1 aromatic carbocycles. The van der Waals surface area contributed by atoms with Crippen LogP contribution in [0.5, 0.6) is 0 Å². The van der Waals surface area contributed by atoms with Crippen LogP contribution in [0.1, 0.15) is 0 Å². The zero-order chi connectivity index (χ0) is 18.6. The third kappa shape index (κ3) is 3.85. The molecule has 0 unspecified atom stereocenters. The van der Waals surface area contributed by atoms with E-state index in [-0.39, 0.29) is 11.3 Å². The van der Waals surface area contributed by atoms with Crippen molar-refractivity contribution in [2.45, 2.75) is 0 Å². The van der Waals surface area contributed by atoms with Gasteiger partial charge in [-0.15, -0.1) is 0 Å². The van der Waals surface area contributed by atoms with Gasteiger partial charge in [-0.3, -0.25) is 0 Å². The number of rotatable bonds is 4. The fraction of sp³-hybridized carbons (Fsp3) is 0.222. The van der Waals surface area contributed by atoms with Crippen LogP contribution in [0, 0.1) is 0 Å². The average molecular weight is 363 g/mol. The maximum Gasteiger partial charge on any atom is 0.355 e. The molecule has 1 heterocycles. The van der Waals surface area contributed by atoms with Crippen molar-refractivity contribution in [1.29, 1.82) is 0 Å². The smallest absolute Gasteiger partial charge is 0.355 e. The normalized spacial score (nSPS) is 13.6. The fourth-order valence-corrected chi connectivity index (χ4v) is 2.59. The van der Waals surface area contributed by atoms with E-state index in [2.05, 4.69) is 0 Å². The zero-order valence-corrected chi connectivity index (χ0v) is 15.2. The van der Waals surface area contributed by atoms with Gasteiger partial charge in [-0.1, -0.05) is 17.7 Å². The molecular weight excluding hydrogens is 344 g/mol. The van der Waals surface area contributed by atoms with Gasteiger partial charge in [-0.25, -0.2) is 9.59 Å². The summed E-state index contributed by atoms with van der Waals surface area (Å²) in [6.45, 7) is 0. The number of carbonyl (C=O) groups excluding carboxylic acids is 2. The molecule has 0 fully saturated rings. The van der Waals surface area contributed by atoms with Crippen molar-refractivity contribution in [2.24, 2.45) is 0 Å². The molecule has 0 atom stereocenters. The minimum absolute atomic E-state index is 0.0460. The standard InChI is InChI=1S/C18H19ClN2O4/c1-20(2)14-9-8-12(19)11-15(14)21-10-6-5-7-13(17(22)24-3)16(21)18(23)25-4/h5-11H,1-4H3. The third-order valence-electron chi connectivity index (χ3n) is 3.57. The Morgan fingerprint density at radius 1 is 1.08 bits per heavy atom. The summed E-state index contributed by atoms with van der Waals surface area (Å²) in [5.74, 6) is -1.31. The monoisotopic (exact) mass is 362 g/mol. The second-order valence-corrected chi connectivity index (χ2v) is 5.78. The van der Waals surface area contributed by atoms with Crippen molar-refractivity contribution in [3.05, 3.63) is 58.9 Å². The maximum atomic E-state index is 12.5. The molecule has 0 saturated heterocycles. The van der Waals surface area contributed by atoms with Gasteiger partial charge >= 0.3 is 11.9 Å². The van der Waals surface area contributed by atoms with E-state index in [1.807, 2.05) is 25.1 Å². The first-order valence-corrected chi connectivity index (χ1v) is 7.80. The van der Waals surface area contributed by atoms with Crippen molar-refractivity contribution >= 4 is 34.9 Å². The lowest BCUT2D eigenvalue weighted by Gasteiger charge is -2.28. The lowest BCUT2D eigenvalue weighted by molar-refractivity contribution is -0.139. The molecule has 2 rings (SSSR count). The number of esters is 2. The Labute approximate surface area is 151 Å². The summed E-state index contributed by atoms with van der Waals surface area (Å²) in [5.41, 5.74) is 1.56.